The molecule has 262 valence electrons. The number of nitrogens with one attached hydrogen (secondary N) is 1. The Kier molecular flexibility index (Phi) is 13.9. The number of rotatable bonds is 19. The highest BCUT2D eigenvalue weighted by molar-refractivity contribution is 7.13. The number of thiazole rings is 1. The molecule has 0 bridgehead atoms. The van der Waals surface area contributed by atoms with Crippen molar-refractivity contribution in [2.75, 3.05) is 52.8 Å². The van der Waals surface area contributed by atoms with Crippen LogP contribution in [0.5, 0.6) is 5.75 Å². The molecule has 3 aromatic rings. The number of nitrogens with zero attached hydrogens (tertiary/aromatic N) is 3. The Morgan fingerprint density at radius 2 is 1.77 bits per heavy atom. The molecule has 1 aromatic carbocycles. The van der Waals surface area contributed by atoms with Gasteiger partial charge >= 0.3 is 5.97 Å². The van der Waals surface area contributed by atoms with Crippen LogP contribution < -0.4 is 10.1 Å². The highest BCUT2D eigenvalue weighted by atomic mass is 32.1. The van der Waals surface area contributed by atoms with Gasteiger partial charge in [0.25, 0.3) is 0 Å². The molecule has 4 rings (SSSR count). The summed E-state index contributed by atoms with van der Waals surface area (Å²) in [6, 6.07) is 6.62. The minimum atomic E-state index is -1.03. The largest absolute Gasteiger partial charge is 0.491 e. The number of hydrogen-bond donors (Lipinski definition) is 3. The zero-order chi connectivity index (χ0) is 34.6. The van der Waals surface area contributed by atoms with Gasteiger partial charge in [0.1, 0.15) is 36.7 Å². The van der Waals surface area contributed by atoms with Gasteiger partial charge in [-0.1, -0.05) is 31.1 Å². The summed E-state index contributed by atoms with van der Waals surface area (Å²) in [5, 5.41) is 25.9. The first kappa shape index (κ1) is 36.9. The topological polar surface area (TPSA) is 183 Å². The van der Waals surface area contributed by atoms with E-state index in [1.807, 2.05) is 39.0 Å². The van der Waals surface area contributed by atoms with E-state index in [0.717, 1.165) is 21.7 Å². The van der Waals surface area contributed by atoms with Crippen molar-refractivity contribution in [1.82, 2.24) is 20.4 Å². The van der Waals surface area contributed by atoms with Crippen molar-refractivity contribution >= 4 is 29.1 Å². The number of aliphatic hydroxyl groups is 1. The van der Waals surface area contributed by atoms with Crippen molar-refractivity contribution in [3.8, 4) is 16.2 Å². The maximum absolute atomic E-state index is 13.7. The Bertz CT molecular complexity index is 1510. The summed E-state index contributed by atoms with van der Waals surface area (Å²) >= 11 is 1.52. The normalized spacial score (nSPS) is 16.8. The second-order valence-electron chi connectivity index (χ2n) is 11.8. The van der Waals surface area contributed by atoms with E-state index in [1.165, 1.54) is 16.2 Å². The second kappa shape index (κ2) is 18.0. The summed E-state index contributed by atoms with van der Waals surface area (Å²) in [5.41, 5.74) is 4.99. The molecular weight excluding hydrogens is 644 g/mol. The Balaban J connectivity index is 1.36. The summed E-state index contributed by atoms with van der Waals surface area (Å²) in [6.07, 6.45) is -0.702. The molecule has 1 fully saturated rings. The molecule has 3 atom stereocenters. The molecule has 0 radical (unpaired) electrons. The summed E-state index contributed by atoms with van der Waals surface area (Å²) in [7, 11) is 0. The lowest BCUT2D eigenvalue weighted by Crippen LogP contribution is -2.48. The van der Waals surface area contributed by atoms with Gasteiger partial charge in [0, 0.05) is 31.1 Å². The first-order valence-corrected chi connectivity index (χ1v) is 16.7. The third-order valence-electron chi connectivity index (χ3n) is 7.73. The highest BCUT2D eigenvalue weighted by Gasteiger charge is 2.43. The number of carboxylic acids is 1. The van der Waals surface area contributed by atoms with Crippen LogP contribution in [0.3, 0.4) is 0 Å². The number of aryl methyl sites for hydroxylation is 2. The first-order chi connectivity index (χ1) is 23.0. The molecular formula is C33H44N4O10S. The standard InChI is InChI=1S/C33H44N4O10S/c1-20(2)30(28-13-21(3)36-47-28)33(42)37-17-25(38)15-26(37)32(41)34-16-24-6-5-23(31-22(4)35-19-48-31)14-27(24)46-12-11-44-8-7-43-9-10-45-18-29(39)40/h5-6,13-14,19-20,25-26,30,38H,7-12,15-18H2,1-4H3,(H,34,41)(H,39,40)/t25-,26+,30?/m1/s1. The molecule has 48 heavy (non-hydrogen) atoms. The van der Waals surface area contributed by atoms with Crippen LogP contribution in [0.15, 0.2) is 34.3 Å². The zero-order valence-electron chi connectivity index (χ0n) is 27.7. The van der Waals surface area contributed by atoms with Crippen molar-refractivity contribution < 1.29 is 48.1 Å². The fraction of sp³-hybridized carbons (Fsp3) is 0.545. The third-order valence-corrected chi connectivity index (χ3v) is 8.71. The van der Waals surface area contributed by atoms with Gasteiger partial charge in [-0.3, -0.25) is 9.59 Å². The van der Waals surface area contributed by atoms with Crippen LogP contribution >= 0.6 is 11.3 Å². The molecule has 0 saturated carbocycles. The lowest BCUT2D eigenvalue weighted by molar-refractivity contribution is -0.142. The first-order valence-electron chi connectivity index (χ1n) is 15.9. The number of hydrogen-bond acceptors (Lipinski definition) is 12. The van der Waals surface area contributed by atoms with E-state index in [1.54, 1.807) is 18.5 Å². The number of amides is 2. The van der Waals surface area contributed by atoms with Gasteiger partial charge < -0.3 is 43.9 Å². The van der Waals surface area contributed by atoms with Crippen molar-refractivity contribution in [3.05, 3.63) is 52.5 Å². The van der Waals surface area contributed by atoms with E-state index in [2.05, 4.69) is 15.5 Å². The number of carbonyl (C=O) groups is 3. The van der Waals surface area contributed by atoms with Crippen molar-refractivity contribution in [2.45, 2.75) is 58.7 Å². The monoisotopic (exact) mass is 688 g/mol. The maximum Gasteiger partial charge on any atom is 0.329 e. The van der Waals surface area contributed by atoms with Gasteiger partial charge in [0.05, 0.1) is 60.9 Å². The molecule has 14 nitrogen and oxygen atoms in total. The number of β-amino-alcohol motifs (C(OH)–C–C–N with tert-alkyl or cyclic N) is 1. The van der Waals surface area contributed by atoms with Gasteiger partial charge in [-0.05, 0) is 31.4 Å². The zero-order valence-corrected chi connectivity index (χ0v) is 28.5. The maximum atomic E-state index is 13.7. The molecule has 2 aromatic heterocycles. The molecule has 1 unspecified atom stereocenters. The predicted molar refractivity (Wildman–Crippen MR) is 175 cm³/mol. The minimum Gasteiger partial charge on any atom is -0.491 e. The SMILES string of the molecule is Cc1cc(C(C(=O)N2C[C@H](O)C[C@H]2C(=O)NCc2ccc(-c3scnc3C)cc2OCCOCCOCCOCC(=O)O)C(C)C)on1. The van der Waals surface area contributed by atoms with Crippen molar-refractivity contribution in [2.24, 2.45) is 5.92 Å². The summed E-state index contributed by atoms with van der Waals surface area (Å²) in [4.78, 5) is 44.5. The van der Waals surface area contributed by atoms with Gasteiger partial charge in [-0.15, -0.1) is 11.3 Å². The van der Waals surface area contributed by atoms with Crippen molar-refractivity contribution in [3.63, 3.8) is 0 Å². The third kappa shape index (κ3) is 10.3. The van der Waals surface area contributed by atoms with Crippen LogP contribution in [0.4, 0.5) is 0 Å². The fourth-order valence-corrected chi connectivity index (χ4v) is 6.22. The highest BCUT2D eigenvalue weighted by Crippen LogP contribution is 2.33. The number of likely N-dealkylation sites (tertiary alicyclic amines) is 1. The second-order valence-corrected chi connectivity index (χ2v) is 12.7. The van der Waals surface area contributed by atoms with Gasteiger partial charge in [0.2, 0.25) is 11.8 Å². The number of aliphatic carboxylic acids is 1. The van der Waals surface area contributed by atoms with Crippen molar-refractivity contribution in [1.29, 1.82) is 0 Å². The molecule has 1 aliphatic rings. The van der Waals surface area contributed by atoms with E-state index >= 15 is 0 Å². The Morgan fingerprint density at radius 1 is 1.06 bits per heavy atom. The summed E-state index contributed by atoms with van der Waals surface area (Å²) in [6.45, 7) is 8.96. The number of carboxylic acid groups (broad SMARTS) is 1. The summed E-state index contributed by atoms with van der Waals surface area (Å²) < 4.78 is 27.4. The molecule has 1 saturated heterocycles. The predicted octanol–water partition coefficient (Wildman–Crippen LogP) is 2.95. The van der Waals surface area contributed by atoms with Gasteiger partial charge in [-0.2, -0.15) is 0 Å². The minimum absolute atomic E-state index is 0.0497. The lowest BCUT2D eigenvalue weighted by Gasteiger charge is -2.28. The Labute approximate surface area is 283 Å². The van der Waals surface area contributed by atoms with E-state index in [4.69, 9.17) is 28.6 Å². The molecule has 0 aliphatic carbocycles. The molecule has 3 N–H and O–H groups in total. The molecule has 0 spiro atoms. The van der Waals surface area contributed by atoms with E-state index in [0.29, 0.717) is 30.4 Å². The number of ether oxygens (including phenoxy) is 4. The van der Waals surface area contributed by atoms with Gasteiger partial charge in [0.15, 0.2) is 0 Å². The number of carbonyl (C=O) groups excluding carboxylic acids is 2. The number of benzene rings is 1. The van der Waals surface area contributed by atoms with Crippen LogP contribution in [-0.2, 0) is 35.1 Å². The van der Waals surface area contributed by atoms with Crippen LogP contribution in [-0.4, -0.2) is 108 Å². The summed E-state index contributed by atoms with van der Waals surface area (Å²) in [5.74, 6) is -1.45. The number of aliphatic hydroxyl groups excluding tert-OH is 1. The molecule has 2 amide bonds. The average Bonchev–Trinajstić information content (AvgIpc) is 3.78. The number of aromatic nitrogens is 2. The average molecular weight is 689 g/mol. The van der Waals surface area contributed by atoms with Crippen LogP contribution in [0.1, 0.15) is 48.9 Å². The van der Waals surface area contributed by atoms with Crippen LogP contribution in [0.2, 0.25) is 0 Å². The van der Waals surface area contributed by atoms with E-state index in [-0.39, 0.29) is 70.3 Å². The lowest BCUT2D eigenvalue weighted by atomic mass is 9.91. The van der Waals surface area contributed by atoms with Crippen LogP contribution in [0, 0.1) is 19.8 Å². The smallest absolute Gasteiger partial charge is 0.329 e. The van der Waals surface area contributed by atoms with Crippen LogP contribution in [0.25, 0.3) is 10.4 Å². The Morgan fingerprint density at radius 3 is 2.40 bits per heavy atom. The van der Waals surface area contributed by atoms with Gasteiger partial charge in [-0.25, -0.2) is 9.78 Å². The van der Waals surface area contributed by atoms with E-state index < -0.39 is 24.0 Å². The molecule has 3 heterocycles. The quantitative estimate of drug-likeness (QED) is 0.157. The molecule has 1 aliphatic heterocycles. The van der Waals surface area contributed by atoms with E-state index in [9.17, 15) is 19.5 Å². The Hall–Kier alpha value is -3.89. The fourth-order valence-electron chi connectivity index (χ4n) is 5.41. The molecule has 15 heteroatoms.